The van der Waals surface area contributed by atoms with Gasteiger partial charge in [0.1, 0.15) is 5.56 Å². The van der Waals surface area contributed by atoms with Crippen LogP contribution in [0.25, 0.3) is 0 Å². The van der Waals surface area contributed by atoms with Gasteiger partial charge in [0.25, 0.3) is 5.91 Å². The Morgan fingerprint density at radius 3 is 2.19 bits per heavy atom. The average Bonchev–Trinajstić information content (AvgIpc) is 3.02. The second kappa shape index (κ2) is 7.18. The van der Waals surface area contributed by atoms with E-state index in [1.807, 2.05) is 29.2 Å². The third kappa shape index (κ3) is 3.89. The van der Waals surface area contributed by atoms with Crippen molar-refractivity contribution in [3.63, 3.8) is 0 Å². The van der Waals surface area contributed by atoms with E-state index in [9.17, 15) is 14.7 Å². The van der Waals surface area contributed by atoms with Gasteiger partial charge >= 0.3 is 5.97 Å². The van der Waals surface area contributed by atoms with Gasteiger partial charge in [0.05, 0.1) is 17.9 Å². The standard InChI is InChI=1S/C21H27N3O3/c1-14-18(20(26)27)13-22-24(14)17-9-11-23(12-10-17)19(25)15-5-7-16(8-6-15)21(2,3)4/h5-8,13,17H,9-12H2,1-4H3,(H,26,27). The third-order valence-electron chi connectivity index (χ3n) is 5.37. The summed E-state index contributed by atoms with van der Waals surface area (Å²) < 4.78 is 1.80. The van der Waals surface area contributed by atoms with E-state index in [4.69, 9.17) is 0 Å². The van der Waals surface area contributed by atoms with Crippen LogP contribution in [0.3, 0.4) is 0 Å². The number of piperidine rings is 1. The Balaban J connectivity index is 1.65. The second-order valence-electron chi connectivity index (χ2n) is 8.24. The number of rotatable bonds is 3. The van der Waals surface area contributed by atoms with Crippen LogP contribution in [0.5, 0.6) is 0 Å². The summed E-state index contributed by atoms with van der Waals surface area (Å²) in [7, 11) is 0. The number of nitrogens with zero attached hydrogens (tertiary/aromatic N) is 3. The summed E-state index contributed by atoms with van der Waals surface area (Å²) in [6, 6.07) is 8.00. The number of carbonyl (C=O) groups excluding carboxylic acids is 1. The molecule has 0 unspecified atom stereocenters. The van der Waals surface area contributed by atoms with E-state index in [1.54, 1.807) is 11.6 Å². The van der Waals surface area contributed by atoms with Crippen molar-refractivity contribution in [2.24, 2.45) is 0 Å². The van der Waals surface area contributed by atoms with Crippen LogP contribution in [-0.4, -0.2) is 44.8 Å². The molecule has 1 amide bonds. The zero-order valence-corrected chi connectivity index (χ0v) is 16.4. The summed E-state index contributed by atoms with van der Waals surface area (Å²) in [6.07, 6.45) is 2.95. The fourth-order valence-electron chi connectivity index (χ4n) is 3.61. The number of carboxylic acid groups (broad SMARTS) is 1. The van der Waals surface area contributed by atoms with E-state index >= 15 is 0 Å². The molecule has 1 aromatic carbocycles. The van der Waals surface area contributed by atoms with Gasteiger partial charge in [-0.3, -0.25) is 9.48 Å². The molecule has 1 aliphatic rings. The molecule has 2 heterocycles. The Kier molecular flexibility index (Phi) is 5.09. The Morgan fingerprint density at radius 1 is 1.11 bits per heavy atom. The van der Waals surface area contributed by atoms with E-state index in [2.05, 4.69) is 25.9 Å². The Labute approximate surface area is 159 Å². The highest BCUT2D eigenvalue weighted by molar-refractivity contribution is 5.94. The van der Waals surface area contributed by atoms with Crippen molar-refractivity contribution >= 4 is 11.9 Å². The van der Waals surface area contributed by atoms with E-state index in [1.165, 1.54) is 11.8 Å². The summed E-state index contributed by atoms with van der Waals surface area (Å²) in [5.41, 5.74) is 2.90. The summed E-state index contributed by atoms with van der Waals surface area (Å²) in [6.45, 7) is 9.54. The molecule has 27 heavy (non-hydrogen) atoms. The molecule has 0 spiro atoms. The predicted molar refractivity (Wildman–Crippen MR) is 103 cm³/mol. The Morgan fingerprint density at radius 2 is 1.70 bits per heavy atom. The van der Waals surface area contributed by atoms with E-state index in [0.29, 0.717) is 24.3 Å². The number of amides is 1. The number of carbonyl (C=O) groups is 2. The number of aromatic carboxylic acids is 1. The summed E-state index contributed by atoms with van der Waals surface area (Å²) in [4.78, 5) is 25.9. The summed E-state index contributed by atoms with van der Waals surface area (Å²) in [5.74, 6) is -0.901. The van der Waals surface area contributed by atoms with Gasteiger partial charge in [-0.25, -0.2) is 4.79 Å². The van der Waals surface area contributed by atoms with Crippen LogP contribution in [0.1, 0.15) is 71.6 Å². The summed E-state index contributed by atoms with van der Waals surface area (Å²) >= 11 is 0. The lowest BCUT2D eigenvalue weighted by Gasteiger charge is -2.32. The molecule has 1 aromatic heterocycles. The molecule has 1 N–H and O–H groups in total. The number of aromatic nitrogens is 2. The fraction of sp³-hybridized carbons (Fsp3) is 0.476. The van der Waals surface area contributed by atoms with E-state index in [-0.39, 0.29) is 22.9 Å². The number of likely N-dealkylation sites (tertiary alicyclic amines) is 1. The molecule has 1 aliphatic heterocycles. The number of carboxylic acids is 1. The summed E-state index contributed by atoms with van der Waals surface area (Å²) in [5, 5.41) is 13.4. The molecule has 2 aromatic rings. The molecule has 0 aliphatic carbocycles. The van der Waals surface area contributed by atoms with Gasteiger partial charge in [-0.2, -0.15) is 5.10 Å². The molecule has 1 saturated heterocycles. The highest BCUT2D eigenvalue weighted by Crippen LogP contribution is 2.26. The first-order valence-electron chi connectivity index (χ1n) is 9.35. The number of hydrogen-bond donors (Lipinski definition) is 1. The first-order valence-corrected chi connectivity index (χ1v) is 9.35. The van der Waals surface area contributed by atoms with Crippen LogP contribution < -0.4 is 0 Å². The van der Waals surface area contributed by atoms with Crippen molar-refractivity contribution < 1.29 is 14.7 Å². The quantitative estimate of drug-likeness (QED) is 0.896. The zero-order chi connectivity index (χ0) is 19.8. The van der Waals surface area contributed by atoms with Crippen molar-refractivity contribution in [1.29, 1.82) is 0 Å². The minimum atomic E-state index is -0.954. The molecule has 144 valence electrons. The van der Waals surface area contributed by atoms with Crippen molar-refractivity contribution in [1.82, 2.24) is 14.7 Å². The maximum absolute atomic E-state index is 12.8. The molecule has 3 rings (SSSR count). The fourth-order valence-corrected chi connectivity index (χ4v) is 3.61. The van der Waals surface area contributed by atoms with Gasteiger partial charge in [0, 0.05) is 18.7 Å². The van der Waals surface area contributed by atoms with Gasteiger partial charge < -0.3 is 10.0 Å². The van der Waals surface area contributed by atoms with Crippen molar-refractivity contribution in [2.45, 2.75) is 52.0 Å². The van der Waals surface area contributed by atoms with Crippen LogP contribution in [0.2, 0.25) is 0 Å². The lowest BCUT2D eigenvalue weighted by molar-refractivity contribution is 0.0688. The van der Waals surface area contributed by atoms with Crippen LogP contribution in [-0.2, 0) is 5.41 Å². The van der Waals surface area contributed by atoms with Gasteiger partial charge in [0.2, 0.25) is 0 Å². The van der Waals surface area contributed by atoms with Crippen LogP contribution in [0.4, 0.5) is 0 Å². The smallest absolute Gasteiger partial charge is 0.339 e. The highest BCUT2D eigenvalue weighted by atomic mass is 16.4. The largest absolute Gasteiger partial charge is 0.478 e. The van der Waals surface area contributed by atoms with E-state index < -0.39 is 5.97 Å². The molecule has 0 bridgehead atoms. The second-order valence-corrected chi connectivity index (χ2v) is 8.24. The minimum Gasteiger partial charge on any atom is -0.478 e. The molecule has 1 fully saturated rings. The van der Waals surface area contributed by atoms with E-state index in [0.717, 1.165) is 12.8 Å². The maximum Gasteiger partial charge on any atom is 0.339 e. The normalized spacial score (nSPS) is 15.8. The van der Waals surface area contributed by atoms with Crippen molar-refractivity contribution in [3.05, 3.63) is 52.8 Å². The average molecular weight is 369 g/mol. The Bertz CT molecular complexity index is 839. The first-order chi connectivity index (χ1) is 12.7. The molecule has 6 heteroatoms. The van der Waals surface area contributed by atoms with Crippen molar-refractivity contribution in [2.75, 3.05) is 13.1 Å². The maximum atomic E-state index is 12.8. The lowest BCUT2D eigenvalue weighted by Crippen LogP contribution is -2.39. The molecular weight excluding hydrogens is 342 g/mol. The monoisotopic (exact) mass is 369 g/mol. The highest BCUT2D eigenvalue weighted by Gasteiger charge is 2.27. The van der Waals surface area contributed by atoms with Gasteiger partial charge in [-0.15, -0.1) is 0 Å². The predicted octanol–water partition coefficient (Wildman–Crippen LogP) is 3.66. The molecule has 0 saturated carbocycles. The molecular formula is C21H27N3O3. The van der Waals surface area contributed by atoms with Gasteiger partial charge in [-0.05, 0) is 42.9 Å². The lowest BCUT2D eigenvalue weighted by atomic mass is 9.86. The molecule has 6 nitrogen and oxygen atoms in total. The third-order valence-corrected chi connectivity index (χ3v) is 5.37. The zero-order valence-electron chi connectivity index (χ0n) is 16.4. The Hall–Kier alpha value is -2.63. The molecule has 0 radical (unpaired) electrons. The molecule has 0 atom stereocenters. The van der Waals surface area contributed by atoms with Gasteiger partial charge in [-0.1, -0.05) is 32.9 Å². The van der Waals surface area contributed by atoms with Crippen LogP contribution >= 0.6 is 0 Å². The number of hydrogen-bond acceptors (Lipinski definition) is 3. The number of benzene rings is 1. The SMILES string of the molecule is Cc1c(C(=O)O)cnn1C1CCN(C(=O)c2ccc(C(C)(C)C)cc2)CC1. The van der Waals surface area contributed by atoms with Crippen LogP contribution in [0, 0.1) is 6.92 Å². The van der Waals surface area contributed by atoms with Crippen molar-refractivity contribution in [3.8, 4) is 0 Å². The van der Waals surface area contributed by atoms with Crippen LogP contribution in [0.15, 0.2) is 30.5 Å². The van der Waals surface area contributed by atoms with Gasteiger partial charge in [0.15, 0.2) is 0 Å². The minimum absolute atomic E-state index is 0.0531. The first kappa shape index (κ1) is 19.1. The topological polar surface area (TPSA) is 75.4 Å².